The van der Waals surface area contributed by atoms with Gasteiger partial charge in [0.15, 0.2) is 0 Å². The Balaban J connectivity index is 2.14. The predicted molar refractivity (Wildman–Crippen MR) is 53.9 cm³/mol. The highest BCUT2D eigenvalue weighted by Crippen LogP contribution is 2.33. The molecular formula is C11H17NO2. The largest absolute Gasteiger partial charge is 0.466 e. The van der Waals surface area contributed by atoms with Gasteiger partial charge in [0.25, 0.3) is 0 Å². The molecule has 78 valence electrons. The molecule has 1 aliphatic rings. The average Bonchev–Trinajstić information content (AvgIpc) is 2.72. The van der Waals surface area contributed by atoms with Crippen molar-refractivity contribution in [1.29, 1.82) is 0 Å². The summed E-state index contributed by atoms with van der Waals surface area (Å²) in [5.74, 6) is 0.925. The van der Waals surface area contributed by atoms with Crippen LogP contribution in [0.3, 0.4) is 0 Å². The minimum absolute atomic E-state index is 0.252. The molecule has 2 rings (SSSR count). The van der Waals surface area contributed by atoms with Crippen LogP contribution < -0.4 is 5.32 Å². The highest BCUT2D eigenvalue weighted by atomic mass is 16.4. The summed E-state index contributed by atoms with van der Waals surface area (Å²) in [6, 6.07) is 3.66. The Morgan fingerprint density at radius 1 is 1.64 bits per heavy atom. The maximum absolute atomic E-state index is 10.4. The van der Waals surface area contributed by atoms with Gasteiger partial charge in [0.2, 0.25) is 0 Å². The van der Waals surface area contributed by atoms with Gasteiger partial charge in [0.05, 0.1) is 6.26 Å². The van der Waals surface area contributed by atoms with Crippen molar-refractivity contribution in [3.05, 3.63) is 24.2 Å². The Kier molecular flexibility index (Phi) is 2.61. The van der Waals surface area contributed by atoms with E-state index < -0.39 is 5.60 Å². The van der Waals surface area contributed by atoms with E-state index in [1.54, 1.807) is 6.26 Å². The number of furan rings is 1. The molecule has 0 saturated carbocycles. The lowest BCUT2D eigenvalue weighted by Gasteiger charge is -2.34. The van der Waals surface area contributed by atoms with Crippen LogP contribution in [-0.2, 0) is 5.60 Å². The van der Waals surface area contributed by atoms with Crippen LogP contribution in [0.5, 0.6) is 0 Å². The van der Waals surface area contributed by atoms with Crippen LogP contribution in [-0.4, -0.2) is 18.2 Å². The second-order valence-electron chi connectivity index (χ2n) is 4.17. The van der Waals surface area contributed by atoms with Crippen LogP contribution in [0.25, 0.3) is 0 Å². The third kappa shape index (κ3) is 1.70. The maximum atomic E-state index is 10.4. The number of hydrogen-bond acceptors (Lipinski definition) is 3. The van der Waals surface area contributed by atoms with Crippen LogP contribution in [0.1, 0.15) is 25.5 Å². The van der Waals surface area contributed by atoms with E-state index in [-0.39, 0.29) is 5.92 Å². The van der Waals surface area contributed by atoms with Crippen molar-refractivity contribution in [2.75, 3.05) is 13.1 Å². The smallest absolute Gasteiger partial charge is 0.135 e. The zero-order valence-electron chi connectivity index (χ0n) is 8.49. The summed E-state index contributed by atoms with van der Waals surface area (Å²) < 4.78 is 5.27. The fourth-order valence-corrected chi connectivity index (χ4v) is 2.10. The Hall–Kier alpha value is -0.800. The number of aliphatic hydroxyl groups is 1. The Morgan fingerprint density at radius 2 is 2.50 bits per heavy atom. The molecule has 0 bridgehead atoms. The van der Waals surface area contributed by atoms with Gasteiger partial charge >= 0.3 is 0 Å². The molecule has 1 aromatic heterocycles. The summed E-state index contributed by atoms with van der Waals surface area (Å²) in [6.07, 6.45) is 3.79. The summed E-state index contributed by atoms with van der Waals surface area (Å²) in [6.45, 7) is 3.77. The first-order valence-corrected chi connectivity index (χ1v) is 5.18. The summed E-state index contributed by atoms with van der Waals surface area (Å²) in [5.41, 5.74) is -0.836. The molecule has 0 aliphatic carbocycles. The lowest BCUT2D eigenvalue weighted by atomic mass is 9.82. The number of rotatable bonds is 2. The number of piperidine rings is 1. The van der Waals surface area contributed by atoms with Crippen molar-refractivity contribution in [3.8, 4) is 0 Å². The molecule has 2 unspecified atom stereocenters. The molecule has 2 N–H and O–H groups in total. The lowest BCUT2D eigenvalue weighted by Crippen LogP contribution is -2.42. The summed E-state index contributed by atoms with van der Waals surface area (Å²) in [7, 11) is 0. The molecule has 2 atom stereocenters. The Morgan fingerprint density at radius 3 is 3.07 bits per heavy atom. The summed E-state index contributed by atoms with van der Waals surface area (Å²) >= 11 is 0. The molecule has 0 amide bonds. The molecule has 3 heteroatoms. The van der Waals surface area contributed by atoms with E-state index in [1.807, 2.05) is 19.1 Å². The van der Waals surface area contributed by atoms with E-state index in [1.165, 1.54) is 0 Å². The minimum atomic E-state index is -0.836. The van der Waals surface area contributed by atoms with Crippen molar-refractivity contribution < 1.29 is 9.52 Å². The van der Waals surface area contributed by atoms with E-state index in [2.05, 4.69) is 5.32 Å². The molecule has 3 nitrogen and oxygen atoms in total. The molecule has 2 heterocycles. The van der Waals surface area contributed by atoms with Gasteiger partial charge in [-0.25, -0.2) is 0 Å². The fourth-order valence-electron chi connectivity index (χ4n) is 2.10. The van der Waals surface area contributed by atoms with Crippen molar-refractivity contribution in [2.24, 2.45) is 5.92 Å². The number of hydrogen-bond donors (Lipinski definition) is 2. The standard InChI is InChI=1S/C11H17NO2/c1-11(13,10-5-3-7-14-10)9-4-2-6-12-8-9/h3,5,7,9,12-13H,2,4,6,8H2,1H3. The highest BCUT2D eigenvalue weighted by Gasteiger charge is 2.36. The van der Waals surface area contributed by atoms with Crippen LogP contribution in [0.4, 0.5) is 0 Å². The molecule has 1 saturated heterocycles. The van der Waals surface area contributed by atoms with E-state index in [4.69, 9.17) is 4.42 Å². The van der Waals surface area contributed by atoms with Gasteiger partial charge in [-0.15, -0.1) is 0 Å². The van der Waals surface area contributed by atoms with Gasteiger partial charge in [-0.2, -0.15) is 0 Å². The highest BCUT2D eigenvalue weighted by molar-refractivity contribution is 5.10. The van der Waals surface area contributed by atoms with Crippen molar-refractivity contribution in [1.82, 2.24) is 5.32 Å². The first-order valence-electron chi connectivity index (χ1n) is 5.18. The maximum Gasteiger partial charge on any atom is 0.135 e. The molecule has 1 aliphatic heterocycles. The van der Waals surface area contributed by atoms with E-state index in [9.17, 15) is 5.11 Å². The quantitative estimate of drug-likeness (QED) is 0.751. The molecule has 0 aromatic carbocycles. The molecule has 1 fully saturated rings. The van der Waals surface area contributed by atoms with Gasteiger partial charge in [0, 0.05) is 12.5 Å². The third-order valence-corrected chi connectivity index (χ3v) is 3.11. The van der Waals surface area contributed by atoms with Crippen LogP contribution in [0.15, 0.2) is 22.8 Å². The number of nitrogens with one attached hydrogen (secondary N) is 1. The third-order valence-electron chi connectivity index (χ3n) is 3.11. The molecular weight excluding hydrogens is 178 g/mol. The first kappa shape index (κ1) is 9.74. The molecule has 1 aromatic rings. The van der Waals surface area contributed by atoms with E-state index >= 15 is 0 Å². The molecule has 14 heavy (non-hydrogen) atoms. The van der Waals surface area contributed by atoms with Crippen LogP contribution >= 0.6 is 0 Å². The van der Waals surface area contributed by atoms with Gasteiger partial charge in [0.1, 0.15) is 11.4 Å². The summed E-state index contributed by atoms with van der Waals surface area (Å²) in [4.78, 5) is 0. The second-order valence-corrected chi connectivity index (χ2v) is 4.17. The topological polar surface area (TPSA) is 45.4 Å². The zero-order chi connectivity index (χ0) is 10.0. The minimum Gasteiger partial charge on any atom is -0.466 e. The SMILES string of the molecule is CC(O)(c1ccco1)C1CCCNC1. The molecule has 0 radical (unpaired) electrons. The van der Waals surface area contributed by atoms with Gasteiger partial charge < -0.3 is 14.8 Å². The Labute approximate surface area is 84.1 Å². The Bertz CT molecular complexity index is 273. The summed E-state index contributed by atoms with van der Waals surface area (Å²) in [5, 5.41) is 13.7. The second kappa shape index (κ2) is 3.75. The van der Waals surface area contributed by atoms with Crippen LogP contribution in [0.2, 0.25) is 0 Å². The average molecular weight is 195 g/mol. The normalized spacial score (nSPS) is 27.1. The monoisotopic (exact) mass is 195 g/mol. The molecule has 0 spiro atoms. The van der Waals surface area contributed by atoms with Crippen molar-refractivity contribution >= 4 is 0 Å². The van der Waals surface area contributed by atoms with E-state index in [0.717, 1.165) is 25.9 Å². The van der Waals surface area contributed by atoms with Crippen molar-refractivity contribution in [2.45, 2.75) is 25.4 Å². The van der Waals surface area contributed by atoms with Crippen molar-refractivity contribution in [3.63, 3.8) is 0 Å². The first-order chi connectivity index (χ1) is 6.71. The van der Waals surface area contributed by atoms with Gasteiger partial charge in [-0.1, -0.05) is 0 Å². The fraction of sp³-hybridized carbons (Fsp3) is 0.636. The van der Waals surface area contributed by atoms with Crippen LogP contribution in [0, 0.1) is 5.92 Å². The lowest BCUT2D eigenvalue weighted by molar-refractivity contribution is -0.0335. The zero-order valence-corrected chi connectivity index (χ0v) is 8.49. The van der Waals surface area contributed by atoms with Gasteiger partial charge in [-0.3, -0.25) is 0 Å². The van der Waals surface area contributed by atoms with Gasteiger partial charge in [-0.05, 0) is 38.4 Å². The van der Waals surface area contributed by atoms with E-state index in [0.29, 0.717) is 5.76 Å². The predicted octanol–water partition coefficient (Wildman–Crippen LogP) is 1.49.